The van der Waals surface area contributed by atoms with Crippen LogP contribution < -0.4 is 5.76 Å². The molecule has 1 aromatic carbocycles. The summed E-state index contributed by atoms with van der Waals surface area (Å²) in [5.74, 6) is -0.109. The summed E-state index contributed by atoms with van der Waals surface area (Å²) in [5, 5.41) is 3.93. The first-order valence-electron chi connectivity index (χ1n) is 3.99. The summed E-state index contributed by atoms with van der Waals surface area (Å²) in [6, 6.07) is 7.25. The normalized spacial score (nSPS) is 10.4. The van der Waals surface area contributed by atoms with Crippen molar-refractivity contribution < 1.29 is 4.42 Å². The van der Waals surface area contributed by atoms with Crippen LogP contribution in [-0.2, 0) is 0 Å². The average molecular weight is 255 g/mol. The van der Waals surface area contributed by atoms with E-state index >= 15 is 0 Å². The average Bonchev–Trinajstić information content (AvgIpc) is 2.47. The number of rotatable bonds is 1. The van der Waals surface area contributed by atoms with Gasteiger partial charge in [-0.1, -0.05) is 15.9 Å². The quantitative estimate of drug-likeness (QED) is 0.781. The molecule has 72 valence electrons. The molecule has 0 bridgehead atoms. The number of benzene rings is 1. The van der Waals surface area contributed by atoms with E-state index in [-0.39, 0.29) is 0 Å². The molecule has 0 amide bonds. The summed E-state index contributed by atoms with van der Waals surface area (Å²) in [4.78, 5) is 11.2. The van der Waals surface area contributed by atoms with E-state index in [1.165, 1.54) is 4.68 Å². The van der Waals surface area contributed by atoms with Crippen molar-refractivity contribution in [2.24, 2.45) is 0 Å². The maximum absolute atomic E-state index is 11.2. The lowest BCUT2D eigenvalue weighted by Gasteiger charge is -1.96. The number of hydrogen-bond acceptors (Lipinski definition) is 3. The van der Waals surface area contributed by atoms with E-state index in [1.54, 1.807) is 19.1 Å². The van der Waals surface area contributed by atoms with E-state index in [0.29, 0.717) is 11.6 Å². The second kappa shape index (κ2) is 3.42. The fourth-order valence-electron chi connectivity index (χ4n) is 1.12. The van der Waals surface area contributed by atoms with Gasteiger partial charge in [0.15, 0.2) is 0 Å². The van der Waals surface area contributed by atoms with Crippen LogP contribution in [0.15, 0.2) is 37.9 Å². The van der Waals surface area contributed by atoms with Crippen molar-refractivity contribution in [1.82, 2.24) is 9.78 Å². The van der Waals surface area contributed by atoms with Gasteiger partial charge in [-0.3, -0.25) is 0 Å². The van der Waals surface area contributed by atoms with Gasteiger partial charge in [0, 0.05) is 11.4 Å². The molecule has 0 saturated heterocycles. The van der Waals surface area contributed by atoms with Crippen LogP contribution in [0, 0.1) is 6.92 Å². The van der Waals surface area contributed by atoms with Gasteiger partial charge in [-0.05, 0) is 24.3 Å². The smallest absolute Gasteiger partial charge is 0.392 e. The maximum atomic E-state index is 11.2. The summed E-state index contributed by atoms with van der Waals surface area (Å²) in [5.41, 5.74) is 0.690. The number of nitrogens with zero attached hydrogens (tertiary/aromatic N) is 2. The van der Waals surface area contributed by atoms with E-state index in [2.05, 4.69) is 21.0 Å². The summed E-state index contributed by atoms with van der Waals surface area (Å²) in [6.07, 6.45) is 0. The molecule has 0 radical (unpaired) electrons. The molecule has 4 nitrogen and oxygen atoms in total. The van der Waals surface area contributed by atoms with Crippen LogP contribution >= 0.6 is 15.9 Å². The number of aromatic nitrogens is 2. The van der Waals surface area contributed by atoms with E-state index in [0.717, 1.165) is 4.47 Å². The zero-order chi connectivity index (χ0) is 10.1. The van der Waals surface area contributed by atoms with Crippen molar-refractivity contribution in [2.75, 3.05) is 0 Å². The van der Waals surface area contributed by atoms with Crippen LogP contribution in [0.5, 0.6) is 0 Å². The Kier molecular flexibility index (Phi) is 2.25. The highest BCUT2D eigenvalue weighted by Crippen LogP contribution is 2.12. The van der Waals surface area contributed by atoms with Gasteiger partial charge in [0.2, 0.25) is 5.89 Å². The van der Waals surface area contributed by atoms with E-state index in [4.69, 9.17) is 4.42 Å². The Morgan fingerprint density at radius 2 is 2.00 bits per heavy atom. The maximum Gasteiger partial charge on any atom is 0.441 e. The zero-order valence-electron chi connectivity index (χ0n) is 7.40. The Morgan fingerprint density at radius 3 is 2.50 bits per heavy atom. The van der Waals surface area contributed by atoms with E-state index in [1.807, 2.05) is 12.1 Å². The third-order valence-corrected chi connectivity index (χ3v) is 2.25. The Morgan fingerprint density at radius 1 is 1.36 bits per heavy atom. The topological polar surface area (TPSA) is 48.0 Å². The first-order chi connectivity index (χ1) is 6.66. The van der Waals surface area contributed by atoms with Gasteiger partial charge >= 0.3 is 5.76 Å². The highest BCUT2D eigenvalue weighted by atomic mass is 79.9. The molecular weight excluding hydrogens is 248 g/mol. The third kappa shape index (κ3) is 1.63. The highest BCUT2D eigenvalue weighted by molar-refractivity contribution is 9.10. The molecular formula is C9H7BrN2O2. The van der Waals surface area contributed by atoms with Crippen LogP contribution in [-0.4, -0.2) is 9.78 Å². The highest BCUT2D eigenvalue weighted by Gasteiger charge is 2.05. The molecule has 0 aliphatic heterocycles. The van der Waals surface area contributed by atoms with Crippen LogP contribution in [0.4, 0.5) is 0 Å². The molecule has 0 saturated carbocycles. The van der Waals surface area contributed by atoms with Crippen molar-refractivity contribution in [1.29, 1.82) is 0 Å². The Balaban J connectivity index is 2.54. The standard InChI is InChI=1S/C9H7BrN2O2/c1-6-11-12(9(13)14-6)8-4-2-7(10)3-5-8/h2-5H,1H3. The van der Waals surface area contributed by atoms with Crippen molar-refractivity contribution in [3.8, 4) is 5.69 Å². The largest absolute Gasteiger partial charge is 0.441 e. The summed E-state index contributed by atoms with van der Waals surface area (Å²) in [6.45, 7) is 1.64. The Hall–Kier alpha value is -1.36. The molecule has 0 fully saturated rings. The first-order valence-corrected chi connectivity index (χ1v) is 4.79. The lowest BCUT2D eigenvalue weighted by molar-refractivity contribution is 0.477. The summed E-state index contributed by atoms with van der Waals surface area (Å²) in [7, 11) is 0. The Bertz CT molecular complexity index is 498. The van der Waals surface area contributed by atoms with Crippen LogP contribution in [0.25, 0.3) is 5.69 Å². The minimum absolute atomic E-state index is 0.359. The summed E-state index contributed by atoms with van der Waals surface area (Å²) >= 11 is 3.31. The molecule has 5 heteroatoms. The fraction of sp³-hybridized carbons (Fsp3) is 0.111. The second-order valence-electron chi connectivity index (χ2n) is 2.78. The minimum Gasteiger partial charge on any atom is -0.392 e. The van der Waals surface area contributed by atoms with Crippen molar-refractivity contribution in [2.45, 2.75) is 6.92 Å². The SMILES string of the molecule is Cc1nn(-c2ccc(Br)cc2)c(=O)o1. The fourth-order valence-corrected chi connectivity index (χ4v) is 1.38. The lowest BCUT2D eigenvalue weighted by atomic mass is 10.3. The van der Waals surface area contributed by atoms with Gasteiger partial charge in [0.25, 0.3) is 0 Å². The molecule has 14 heavy (non-hydrogen) atoms. The van der Waals surface area contributed by atoms with E-state index in [9.17, 15) is 4.79 Å². The molecule has 0 aliphatic carbocycles. The van der Waals surface area contributed by atoms with Gasteiger partial charge in [-0.2, -0.15) is 4.68 Å². The monoisotopic (exact) mass is 254 g/mol. The van der Waals surface area contributed by atoms with Gasteiger partial charge < -0.3 is 4.42 Å². The van der Waals surface area contributed by atoms with Crippen molar-refractivity contribution in [3.63, 3.8) is 0 Å². The van der Waals surface area contributed by atoms with Gasteiger partial charge in [0.1, 0.15) is 0 Å². The number of aryl methyl sites for hydroxylation is 1. The zero-order valence-corrected chi connectivity index (χ0v) is 8.98. The van der Waals surface area contributed by atoms with Gasteiger partial charge in [0.05, 0.1) is 5.69 Å². The molecule has 1 aromatic heterocycles. The van der Waals surface area contributed by atoms with Crippen molar-refractivity contribution in [3.05, 3.63) is 45.2 Å². The molecule has 2 rings (SSSR count). The summed E-state index contributed by atoms with van der Waals surface area (Å²) < 4.78 is 6.96. The molecule has 1 heterocycles. The van der Waals surface area contributed by atoms with Crippen LogP contribution in [0.2, 0.25) is 0 Å². The predicted molar refractivity (Wildman–Crippen MR) is 54.5 cm³/mol. The Labute approximate surface area is 88.3 Å². The first kappa shape index (κ1) is 9.21. The van der Waals surface area contributed by atoms with E-state index < -0.39 is 5.76 Å². The lowest BCUT2D eigenvalue weighted by Crippen LogP contribution is -2.13. The number of halogens is 1. The molecule has 0 atom stereocenters. The third-order valence-electron chi connectivity index (χ3n) is 1.72. The predicted octanol–water partition coefficient (Wildman–Crippen LogP) is 1.90. The van der Waals surface area contributed by atoms with Gasteiger partial charge in [-0.25, -0.2) is 4.79 Å². The van der Waals surface area contributed by atoms with Crippen LogP contribution in [0.3, 0.4) is 0 Å². The molecule has 0 N–H and O–H groups in total. The van der Waals surface area contributed by atoms with Crippen LogP contribution in [0.1, 0.15) is 5.89 Å². The molecule has 0 spiro atoms. The van der Waals surface area contributed by atoms with Gasteiger partial charge in [-0.15, -0.1) is 5.10 Å². The second-order valence-corrected chi connectivity index (χ2v) is 3.69. The number of hydrogen-bond donors (Lipinski definition) is 0. The minimum atomic E-state index is -0.468. The van der Waals surface area contributed by atoms with Crippen molar-refractivity contribution >= 4 is 15.9 Å². The molecule has 2 aromatic rings. The molecule has 0 unspecified atom stereocenters. The molecule has 0 aliphatic rings.